The molecule has 0 aromatic heterocycles. The smallest absolute Gasteiger partial charge is 0.164 e. The standard InChI is InChI=1S/C21H37NO2/c23-21(24)19-22-18-14-9-7-5-3-1-2-4-6-8-11-15-20-16-12-10-13-17-20/h10,12-13,16-17,21-24H,1-9,11,14-15,18-19H2. The van der Waals surface area contributed by atoms with Gasteiger partial charge in [-0.25, -0.2) is 0 Å². The van der Waals surface area contributed by atoms with Crippen LogP contribution in [0.25, 0.3) is 0 Å². The van der Waals surface area contributed by atoms with E-state index in [9.17, 15) is 0 Å². The zero-order valence-corrected chi connectivity index (χ0v) is 15.3. The van der Waals surface area contributed by atoms with Crippen LogP contribution in [0, 0.1) is 0 Å². The summed E-state index contributed by atoms with van der Waals surface area (Å²) in [6, 6.07) is 10.8. The lowest BCUT2D eigenvalue weighted by atomic mass is 10.0. The molecule has 0 fully saturated rings. The van der Waals surface area contributed by atoms with E-state index in [1.165, 1.54) is 76.2 Å². The van der Waals surface area contributed by atoms with Crippen LogP contribution in [-0.2, 0) is 6.42 Å². The van der Waals surface area contributed by atoms with Gasteiger partial charge in [0, 0.05) is 6.54 Å². The van der Waals surface area contributed by atoms with Crippen LogP contribution < -0.4 is 5.32 Å². The van der Waals surface area contributed by atoms with Gasteiger partial charge >= 0.3 is 0 Å². The molecule has 0 atom stereocenters. The number of aliphatic hydroxyl groups is 2. The van der Waals surface area contributed by atoms with Crippen molar-refractivity contribution in [1.82, 2.24) is 5.32 Å². The van der Waals surface area contributed by atoms with Crippen LogP contribution in [0.1, 0.15) is 76.2 Å². The van der Waals surface area contributed by atoms with E-state index in [1.807, 2.05) is 0 Å². The van der Waals surface area contributed by atoms with E-state index in [-0.39, 0.29) is 6.54 Å². The predicted octanol–water partition coefficient (Wildman–Crippen LogP) is 4.42. The Bertz CT molecular complexity index is 367. The van der Waals surface area contributed by atoms with Gasteiger partial charge in [0.05, 0.1) is 0 Å². The Morgan fingerprint density at radius 3 is 1.71 bits per heavy atom. The molecule has 0 aliphatic carbocycles. The first-order valence-corrected chi connectivity index (χ1v) is 9.90. The Labute approximate surface area is 148 Å². The van der Waals surface area contributed by atoms with E-state index >= 15 is 0 Å². The van der Waals surface area contributed by atoms with Gasteiger partial charge in [-0.1, -0.05) is 88.1 Å². The van der Waals surface area contributed by atoms with E-state index < -0.39 is 6.29 Å². The summed E-state index contributed by atoms with van der Waals surface area (Å²) in [7, 11) is 0. The monoisotopic (exact) mass is 335 g/mol. The van der Waals surface area contributed by atoms with Crippen molar-refractivity contribution in [3.8, 4) is 0 Å². The topological polar surface area (TPSA) is 52.5 Å². The summed E-state index contributed by atoms with van der Waals surface area (Å²) in [5, 5.41) is 20.4. The minimum Gasteiger partial charge on any atom is -0.367 e. The normalized spacial score (nSPS) is 11.3. The molecule has 3 heteroatoms. The SMILES string of the molecule is OC(O)CNCCCCCCCCCCCCCc1ccccc1. The summed E-state index contributed by atoms with van der Waals surface area (Å²) in [5.74, 6) is 0. The number of nitrogens with one attached hydrogen (secondary N) is 1. The molecule has 0 saturated carbocycles. The molecule has 0 bridgehead atoms. The minimum atomic E-state index is -1.22. The number of rotatable bonds is 16. The molecule has 0 radical (unpaired) electrons. The Hall–Kier alpha value is -0.900. The Kier molecular flexibility index (Phi) is 13.8. The number of hydrogen-bond acceptors (Lipinski definition) is 3. The molecule has 0 heterocycles. The highest BCUT2D eigenvalue weighted by atomic mass is 16.5. The largest absolute Gasteiger partial charge is 0.367 e. The highest BCUT2D eigenvalue weighted by molar-refractivity contribution is 5.14. The molecule has 1 aromatic rings. The highest BCUT2D eigenvalue weighted by Gasteiger charge is 1.96. The minimum absolute atomic E-state index is 0.283. The van der Waals surface area contributed by atoms with Crippen molar-refractivity contribution >= 4 is 0 Å². The van der Waals surface area contributed by atoms with E-state index in [0.717, 1.165) is 13.0 Å². The number of hydrogen-bond donors (Lipinski definition) is 3. The summed E-state index contributed by atoms with van der Waals surface area (Å²) < 4.78 is 0. The van der Waals surface area contributed by atoms with Crippen LogP contribution in [0.2, 0.25) is 0 Å². The third-order valence-electron chi connectivity index (χ3n) is 4.49. The molecule has 0 saturated heterocycles. The third kappa shape index (κ3) is 13.5. The summed E-state index contributed by atoms with van der Waals surface area (Å²) in [4.78, 5) is 0. The van der Waals surface area contributed by atoms with Crippen molar-refractivity contribution in [2.24, 2.45) is 0 Å². The predicted molar refractivity (Wildman–Crippen MR) is 102 cm³/mol. The van der Waals surface area contributed by atoms with Crippen molar-refractivity contribution < 1.29 is 10.2 Å². The molecule has 0 unspecified atom stereocenters. The van der Waals surface area contributed by atoms with Crippen molar-refractivity contribution in [3.63, 3.8) is 0 Å². The fraction of sp³-hybridized carbons (Fsp3) is 0.714. The fourth-order valence-corrected chi connectivity index (χ4v) is 3.05. The zero-order chi connectivity index (χ0) is 17.3. The maximum absolute atomic E-state index is 8.69. The average molecular weight is 336 g/mol. The summed E-state index contributed by atoms with van der Waals surface area (Å²) in [6.07, 6.45) is 14.6. The first-order valence-electron chi connectivity index (χ1n) is 9.90. The van der Waals surface area contributed by atoms with Gasteiger partial charge < -0.3 is 15.5 Å². The molecule has 0 aliphatic heterocycles. The molecule has 138 valence electrons. The van der Waals surface area contributed by atoms with Crippen LogP contribution >= 0.6 is 0 Å². The van der Waals surface area contributed by atoms with E-state index in [2.05, 4.69) is 35.6 Å². The van der Waals surface area contributed by atoms with Crippen molar-refractivity contribution in [3.05, 3.63) is 35.9 Å². The lowest BCUT2D eigenvalue weighted by Gasteiger charge is -2.06. The number of benzene rings is 1. The van der Waals surface area contributed by atoms with Gasteiger partial charge in [0.25, 0.3) is 0 Å². The number of aliphatic hydroxyl groups excluding tert-OH is 1. The third-order valence-corrected chi connectivity index (χ3v) is 4.49. The van der Waals surface area contributed by atoms with Gasteiger partial charge in [-0.2, -0.15) is 0 Å². The van der Waals surface area contributed by atoms with E-state index in [4.69, 9.17) is 10.2 Å². The van der Waals surface area contributed by atoms with Crippen molar-refractivity contribution in [1.29, 1.82) is 0 Å². The maximum Gasteiger partial charge on any atom is 0.164 e. The quantitative estimate of drug-likeness (QED) is 0.310. The van der Waals surface area contributed by atoms with Crippen LogP contribution in [-0.4, -0.2) is 29.6 Å². The van der Waals surface area contributed by atoms with Gasteiger partial charge in [-0.15, -0.1) is 0 Å². The van der Waals surface area contributed by atoms with E-state index in [1.54, 1.807) is 0 Å². The van der Waals surface area contributed by atoms with Crippen LogP contribution in [0.5, 0.6) is 0 Å². The molecule has 1 aromatic carbocycles. The van der Waals surface area contributed by atoms with Crippen molar-refractivity contribution in [2.75, 3.05) is 13.1 Å². The van der Waals surface area contributed by atoms with Crippen molar-refractivity contribution in [2.45, 2.75) is 83.3 Å². The zero-order valence-electron chi connectivity index (χ0n) is 15.3. The molecule has 1 rings (SSSR count). The fourth-order valence-electron chi connectivity index (χ4n) is 3.05. The Balaban J connectivity index is 1.72. The molecule has 0 spiro atoms. The summed E-state index contributed by atoms with van der Waals surface area (Å²) >= 11 is 0. The molecule has 3 nitrogen and oxygen atoms in total. The van der Waals surface area contributed by atoms with Gasteiger partial charge in [-0.3, -0.25) is 0 Å². The number of aryl methyl sites for hydroxylation is 1. The maximum atomic E-state index is 8.69. The lowest BCUT2D eigenvalue weighted by Crippen LogP contribution is -2.26. The second-order valence-corrected chi connectivity index (χ2v) is 6.81. The van der Waals surface area contributed by atoms with Gasteiger partial charge in [-0.05, 0) is 31.4 Å². The summed E-state index contributed by atoms with van der Waals surface area (Å²) in [6.45, 7) is 1.17. The van der Waals surface area contributed by atoms with Gasteiger partial charge in [0.15, 0.2) is 6.29 Å². The average Bonchev–Trinajstić information content (AvgIpc) is 2.59. The summed E-state index contributed by atoms with van der Waals surface area (Å²) in [5.41, 5.74) is 1.47. The van der Waals surface area contributed by atoms with E-state index in [0.29, 0.717) is 0 Å². The van der Waals surface area contributed by atoms with Crippen LogP contribution in [0.4, 0.5) is 0 Å². The van der Waals surface area contributed by atoms with Crippen LogP contribution in [0.15, 0.2) is 30.3 Å². The molecular formula is C21H37NO2. The highest BCUT2D eigenvalue weighted by Crippen LogP contribution is 2.12. The molecular weight excluding hydrogens is 298 g/mol. The second kappa shape index (κ2) is 15.6. The van der Waals surface area contributed by atoms with Gasteiger partial charge in [0.1, 0.15) is 0 Å². The molecule has 0 aliphatic rings. The van der Waals surface area contributed by atoms with Gasteiger partial charge in [0.2, 0.25) is 0 Å². The molecule has 0 amide bonds. The first-order chi connectivity index (χ1) is 11.8. The first kappa shape index (κ1) is 21.1. The Morgan fingerprint density at radius 1 is 0.667 bits per heavy atom. The molecule has 3 N–H and O–H groups in total. The Morgan fingerprint density at radius 2 is 1.17 bits per heavy atom. The lowest BCUT2D eigenvalue weighted by molar-refractivity contribution is -0.0370. The van der Waals surface area contributed by atoms with Crippen LogP contribution in [0.3, 0.4) is 0 Å². The molecule has 24 heavy (non-hydrogen) atoms. The number of unbranched alkanes of at least 4 members (excludes halogenated alkanes) is 10. The second-order valence-electron chi connectivity index (χ2n) is 6.81.